The smallest absolute Gasteiger partial charge is 0.303 e. The lowest BCUT2D eigenvalue weighted by molar-refractivity contribution is -0.166. The number of imidazole rings is 1. The van der Waals surface area contributed by atoms with E-state index in [1.54, 1.807) is 4.57 Å². The largest absolute Gasteiger partial charge is 0.463 e. The van der Waals surface area contributed by atoms with Gasteiger partial charge in [-0.15, -0.1) is 0 Å². The molecule has 0 bridgehead atoms. The van der Waals surface area contributed by atoms with Crippen LogP contribution in [0, 0.1) is 0 Å². The number of fused-ring (bicyclic) bond motifs is 1. The number of carbonyl (C=O) groups is 3. The van der Waals surface area contributed by atoms with Crippen LogP contribution < -0.4 is 5.73 Å². The SMILES string of the molecule is CC(=O)OC[C@H]1O[C@@H](n2c(C3CCCC3)nc3c(N)ncnc32)[C@H](OC(C)=O)[C@@H]1OC(C)=O. The maximum Gasteiger partial charge on any atom is 0.303 e. The molecule has 33 heavy (non-hydrogen) atoms. The molecule has 3 heterocycles. The van der Waals surface area contributed by atoms with Gasteiger partial charge in [0, 0.05) is 26.7 Å². The van der Waals surface area contributed by atoms with Gasteiger partial charge in [0.25, 0.3) is 0 Å². The van der Waals surface area contributed by atoms with Crippen LogP contribution in [0.5, 0.6) is 0 Å². The molecule has 12 nitrogen and oxygen atoms in total. The number of anilines is 1. The first-order chi connectivity index (χ1) is 15.8. The van der Waals surface area contributed by atoms with E-state index in [9.17, 15) is 14.4 Å². The standard InChI is InChI=1S/C21H27N5O7/c1-10(27)30-8-14-16(31-11(2)28)17(32-12(3)29)21(33-14)26-19(13-6-4-5-7-13)25-15-18(22)23-9-24-20(15)26/h9,13-14,16-17,21H,4-8H2,1-3H3,(H2,22,23,24)/t14-,16-,17-,21-/m1/s1. The highest BCUT2D eigenvalue weighted by atomic mass is 16.7. The minimum Gasteiger partial charge on any atom is -0.463 e. The molecule has 0 unspecified atom stereocenters. The lowest BCUT2D eigenvalue weighted by Gasteiger charge is -2.25. The first-order valence-electron chi connectivity index (χ1n) is 10.9. The zero-order valence-electron chi connectivity index (χ0n) is 18.7. The van der Waals surface area contributed by atoms with E-state index in [2.05, 4.69) is 9.97 Å². The summed E-state index contributed by atoms with van der Waals surface area (Å²) in [5.41, 5.74) is 6.90. The van der Waals surface area contributed by atoms with E-state index < -0.39 is 42.4 Å². The van der Waals surface area contributed by atoms with Gasteiger partial charge in [-0.25, -0.2) is 15.0 Å². The van der Waals surface area contributed by atoms with Crippen molar-refractivity contribution in [1.29, 1.82) is 0 Å². The third kappa shape index (κ3) is 4.61. The van der Waals surface area contributed by atoms with E-state index in [0.717, 1.165) is 25.7 Å². The number of rotatable bonds is 6. The van der Waals surface area contributed by atoms with Crippen molar-refractivity contribution in [2.45, 2.75) is 76.9 Å². The van der Waals surface area contributed by atoms with Crippen LogP contribution in [-0.4, -0.2) is 62.3 Å². The Balaban J connectivity index is 1.83. The Morgan fingerprint density at radius 3 is 2.36 bits per heavy atom. The molecule has 1 saturated heterocycles. The Labute approximate surface area is 189 Å². The molecule has 0 radical (unpaired) electrons. The Morgan fingerprint density at radius 1 is 1.06 bits per heavy atom. The first-order valence-corrected chi connectivity index (χ1v) is 10.9. The monoisotopic (exact) mass is 461 g/mol. The van der Waals surface area contributed by atoms with Crippen LogP contribution >= 0.6 is 0 Å². The third-order valence-corrected chi connectivity index (χ3v) is 5.85. The van der Waals surface area contributed by atoms with Gasteiger partial charge in [-0.2, -0.15) is 0 Å². The Hall–Kier alpha value is -3.28. The number of nitrogens with two attached hydrogens (primary N) is 1. The fourth-order valence-corrected chi connectivity index (χ4v) is 4.57. The number of ether oxygens (including phenoxy) is 4. The quantitative estimate of drug-likeness (QED) is 0.489. The number of nitrogens with zero attached hydrogens (tertiary/aromatic N) is 4. The Morgan fingerprint density at radius 2 is 1.73 bits per heavy atom. The van der Waals surface area contributed by atoms with Crippen molar-refractivity contribution < 1.29 is 33.3 Å². The van der Waals surface area contributed by atoms with Gasteiger partial charge in [0.2, 0.25) is 0 Å². The van der Waals surface area contributed by atoms with Gasteiger partial charge in [-0.1, -0.05) is 12.8 Å². The average molecular weight is 461 g/mol. The van der Waals surface area contributed by atoms with Gasteiger partial charge in [0.05, 0.1) is 0 Å². The molecule has 4 atom stereocenters. The number of hydrogen-bond donors (Lipinski definition) is 1. The number of esters is 3. The van der Waals surface area contributed by atoms with Crippen LogP contribution in [0.4, 0.5) is 5.82 Å². The van der Waals surface area contributed by atoms with Crippen molar-refractivity contribution in [2.75, 3.05) is 12.3 Å². The number of nitrogen functional groups attached to an aromatic ring is 1. The number of hydrogen-bond acceptors (Lipinski definition) is 11. The maximum absolute atomic E-state index is 12.0. The molecule has 2 N–H and O–H groups in total. The average Bonchev–Trinajstić information content (AvgIpc) is 3.45. The Bertz CT molecular complexity index is 1060. The fraction of sp³-hybridized carbons (Fsp3) is 0.619. The van der Waals surface area contributed by atoms with E-state index in [4.69, 9.17) is 29.7 Å². The lowest BCUT2D eigenvalue weighted by Crippen LogP contribution is -2.40. The van der Waals surface area contributed by atoms with Crippen LogP contribution in [0.15, 0.2) is 6.33 Å². The molecular weight excluding hydrogens is 434 g/mol. The normalized spacial score (nSPS) is 25.3. The second-order valence-electron chi connectivity index (χ2n) is 8.27. The van der Waals surface area contributed by atoms with Gasteiger partial charge in [0.1, 0.15) is 24.9 Å². The lowest BCUT2D eigenvalue weighted by atomic mass is 10.1. The fourth-order valence-electron chi connectivity index (χ4n) is 4.57. The van der Waals surface area contributed by atoms with Crippen LogP contribution in [0.2, 0.25) is 0 Å². The van der Waals surface area contributed by atoms with Crippen LogP contribution in [0.25, 0.3) is 11.2 Å². The van der Waals surface area contributed by atoms with Gasteiger partial charge >= 0.3 is 17.9 Å². The highest BCUT2D eigenvalue weighted by molar-refractivity contribution is 5.82. The summed E-state index contributed by atoms with van der Waals surface area (Å²) in [4.78, 5) is 48.4. The van der Waals surface area contributed by atoms with Crippen molar-refractivity contribution in [2.24, 2.45) is 0 Å². The summed E-state index contributed by atoms with van der Waals surface area (Å²) in [5.74, 6) is -0.667. The molecule has 1 aliphatic heterocycles. The van der Waals surface area contributed by atoms with Gasteiger partial charge in [0.15, 0.2) is 35.4 Å². The minimum atomic E-state index is -1.03. The first kappa shape index (κ1) is 22.9. The van der Waals surface area contributed by atoms with Crippen molar-refractivity contribution >= 4 is 34.9 Å². The number of aromatic nitrogens is 4. The molecule has 0 spiro atoms. The topological polar surface area (TPSA) is 158 Å². The van der Waals surface area contributed by atoms with E-state index >= 15 is 0 Å². The molecule has 178 valence electrons. The second-order valence-corrected chi connectivity index (χ2v) is 8.27. The predicted molar refractivity (Wildman–Crippen MR) is 113 cm³/mol. The molecule has 1 aliphatic carbocycles. The molecule has 0 amide bonds. The summed E-state index contributed by atoms with van der Waals surface area (Å²) >= 11 is 0. The molecule has 4 rings (SSSR count). The van der Waals surface area contributed by atoms with Gasteiger partial charge in [-0.05, 0) is 12.8 Å². The van der Waals surface area contributed by atoms with Gasteiger partial charge in [-0.3, -0.25) is 19.0 Å². The van der Waals surface area contributed by atoms with Crippen molar-refractivity contribution in [3.63, 3.8) is 0 Å². The third-order valence-electron chi connectivity index (χ3n) is 5.85. The minimum absolute atomic E-state index is 0.125. The van der Waals surface area contributed by atoms with Crippen LogP contribution in [0.3, 0.4) is 0 Å². The van der Waals surface area contributed by atoms with Gasteiger partial charge < -0.3 is 24.7 Å². The summed E-state index contributed by atoms with van der Waals surface area (Å²) in [7, 11) is 0. The van der Waals surface area contributed by atoms with Crippen molar-refractivity contribution in [3.05, 3.63) is 12.2 Å². The van der Waals surface area contributed by atoms with Crippen LogP contribution in [0.1, 0.15) is 64.4 Å². The maximum atomic E-state index is 12.0. The molecule has 0 aromatic carbocycles. The molecule has 2 aromatic rings. The summed E-state index contributed by atoms with van der Waals surface area (Å²) < 4.78 is 24.2. The van der Waals surface area contributed by atoms with Crippen LogP contribution in [-0.2, 0) is 33.3 Å². The Kier molecular flexibility index (Phi) is 6.45. The van der Waals surface area contributed by atoms with E-state index in [0.29, 0.717) is 17.0 Å². The molecule has 12 heteroatoms. The number of carbonyl (C=O) groups excluding carboxylic acids is 3. The van der Waals surface area contributed by atoms with Crippen molar-refractivity contribution in [3.8, 4) is 0 Å². The molecule has 2 fully saturated rings. The highest BCUT2D eigenvalue weighted by Crippen LogP contribution is 2.42. The summed E-state index contributed by atoms with van der Waals surface area (Å²) in [6.45, 7) is 3.57. The second kappa shape index (κ2) is 9.30. The summed E-state index contributed by atoms with van der Waals surface area (Å²) in [6, 6.07) is 0. The molecular formula is C21H27N5O7. The van der Waals surface area contributed by atoms with Crippen molar-refractivity contribution in [1.82, 2.24) is 19.5 Å². The molecule has 1 saturated carbocycles. The zero-order chi connectivity index (χ0) is 23.7. The van der Waals surface area contributed by atoms with E-state index in [1.807, 2.05) is 0 Å². The zero-order valence-corrected chi connectivity index (χ0v) is 18.7. The highest BCUT2D eigenvalue weighted by Gasteiger charge is 2.52. The molecule has 2 aliphatic rings. The molecule has 2 aromatic heterocycles. The summed E-state index contributed by atoms with van der Waals surface area (Å²) in [5, 5.41) is 0. The summed E-state index contributed by atoms with van der Waals surface area (Å²) in [6.07, 6.45) is 1.43. The predicted octanol–water partition coefficient (Wildman–Crippen LogP) is 1.39. The van der Waals surface area contributed by atoms with E-state index in [-0.39, 0.29) is 18.3 Å². The van der Waals surface area contributed by atoms with E-state index in [1.165, 1.54) is 27.1 Å².